The van der Waals surface area contributed by atoms with Gasteiger partial charge in [-0.05, 0) is 30.7 Å². The zero-order valence-corrected chi connectivity index (χ0v) is 11.4. The fourth-order valence-corrected chi connectivity index (χ4v) is 2.20. The summed E-state index contributed by atoms with van der Waals surface area (Å²) in [6.45, 7) is 1.88. The second-order valence-corrected chi connectivity index (χ2v) is 5.12. The van der Waals surface area contributed by atoms with E-state index in [-0.39, 0.29) is 5.91 Å². The molecule has 0 spiro atoms. The van der Waals surface area contributed by atoms with Crippen LogP contribution < -0.4 is 11.1 Å². The van der Waals surface area contributed by atoms with Crippen molar-refractivity contribution in [3.63, 3.8) is 0 Å². The highest BCUT2D eigenvalue weighted by Crippen LogP contribution is 2.18. The van der Waals surface area contributed by atoms with Crippen molar-refractivity contribution >= 4 is 29.2 Å². The number of benzene rings is 1. The maximum Gasteiger partial charge on any atom is 0.235 e. The minimum atomic E-state index is -0.0782. The number of nitrogens with one attached hydrogen (secondary N) is 1. The third kappa shape index (κ3) is 3.99. The van der Waals surface area contributed by atoms with Gasteiger partial charge in [-0.3, -0.25) is 4.79 Å². The number of amides is 1. The molecule has 0 saturated carbocycles. The van der Waals surface area contributed by atoms with Crippen LogP contribution >= 0.6 is 11.8 Å². The Kier molecular flexibility index (Phi) is 4.41. The van der Waals surface area contributed by atoms with Gasteiger partial charge in [0.25, 0.3) is 0 Å². The number of thioether (sulfide) groups is 1. The Hall–Kier alpha value is -2.01. The van der Waals surface area contributed by atoms with E-state index in [1.165, 1.54) is 11.8 Å². The Balaban J connectivity index is 1.89. The normalized spacial score (nSPS) is 10.2. The number of nitrogen functional groups attached to an aromatic ring is 1. The molecule has 98 valence electrons. The summed E-state index contributed by atoms with van der Waals surface area (Å²) in [7, 11) is 0. The van der Waals surface area contributed by atoms with Gasteiger partial charge in [0.2, 0.25) is 5.91 Å². The molecule has 1 aromatic carbocycles. The van der Waals surface area contributed by atoms with E-state index >= 15 is 0 Å². The average molecular weight is 273 g/mol. The number of carbonyl (C=O) groups is 1. The molecule has 0 fully saturated rings. The van der Waals surface area contributed by atoms with E-state index in [0.717, 1.165) is 10.5 Å². The number of nitrogens with two attached hydrogens (primary N) is 1. The molecule has 0 bridgehead atoms. The van der Waals surface area contributed by atoms with E-state index in [0.29, 0.717) is 17.3 Å². The first-order valence-electron chi connectivity index (χ1n) is 5.85. The third-order valence-corrected chi connectivity index (χ3v) is 3.54. The zero-order valence-electron chi connectivity index (χ0n) is 10.6. The topological polar surface area (TPSA) is 68.0 Å². The lowest BCUT2D eigenvalue weighted by molar-refractivity contribution is -0.113. The molecule has 0 radical (unpaired) electrons. The molecule has 1 aromatic heterocycles. The van der Waals surface area contributed by atoms with E-state index in [1.807, 2.05) is 37.3 Å². The minimum Gasteiger partial charge on any atom is -0.397 e. The van der Waals surface area contributed by atoms with Crippen LogP contribution in [-0.4, -0.2) is 16.6 Å². The van der Waals surface area contributed by atoms with Gasteiger partial charge < -0.3 is 11.1 Å². The molecule has 0 unspecified atom stereocenters. The summed E-state index contributed by atoms with van der Waals surface area (Å²) in [6, 6.07) is 11.6. The number of hydrogen-bond acceptors (Lipinski definition) is 4. The van der Waals surface area contributed by atoms with E-state index < -0.39 is 0 Å². The van der Waals surface area contributed by atoms with Crippen LogP contribution in [0.1, 0.15) is 5.56 Å². The highest BCUT2D eigenvalue weighted by atomic mass is 32.2. The maximum atomic E-state index is 11.8. The standard InChI is InChI=1S/C14H15N3OS/c1-10-7-13(16-8-12(10)15)17-14(18)9-19-11-5-3-2-4-6-11/h2-8H,9,15H2,1H3,(H,16,17,18). The summed E-state index contributed by atoms with van der Waals surface area (Å²) >= 11 is 1.49. The molecule has 1 heterocycles. The first-order valence-corrected chi connectivity index (χ1v) is 6.83. The van der Waals surface area contributed by atoms with Crippen LogP contribution in [0.2, 0.25) is 0 Å². The van der Waals surface area contributed by atoms with Crippen molar-refractivity contribution in [2.75, 3.05) is 16.8 Å². The molecule has 0 aliphatic carbocycles. The van der Waals surface area contributed by atoms with Crippen molar-refractivity contribution in [1.29, 1.82) is 0 Å². The van der Waals surface area contributed by atoms with Crippen LogP contribution in [0.5, 0.6) is 0 Å². The number of rotatable bonds is 4. The van der Waals surface area contributed by atoms with Gasteiger partial charge in [0.05, 0.1) is 17.6 Å². The second-order valence-electron chi connectivity index (χ2n) is 4.08. The van der Waals surface area contributed by atoms with Gasteiger partial charge in [0.15, 0.2) is 0 Å². The Labute approximate surface area is 116 Å². The molecule has 3 N–H and O–H groups in total. The number of aryl methyl sites for hydroxylation is 1. The van der Waals surface area contributed by atoms with Crippen molar-refractivity contribution in [2.45, 2.75) is 11.8 Å². The third-order valence-electron chi connectivity index (χ3n) is 2.53. The fraction of sp³-hybridized carbons (Fsp3) is 0.143. The van der Waals surface area contributed by atoms with Crippen LogP contribution in [0, 0.1) is 6.92 Å². The molecule has 2 rings (SSSR count). The predicted molar refractivity (Wildman–Crippen MR) is 79.2 cm³/mol. The highest BCUT2D eigenvalue weighted by Gasteiger charge is 2.05. The Morgan fingerprint density at radius 3 is 2.79 bits per heavy atom. The Bertz CT molecular complexity index is 572. The lowest BCUT2D eigenvalue weighted by Gasteiger charge is -2.06. The number of pyridine rings is 1. The first-order chi connectivity index (χ1) is 9.15. The zero-order chi connectivity index (χ0) is 13.7. The van der Waals surface area contributed by atoms with Crippen LogP contribution in [0.3, 0.4) is 0 Å². The summed E-state index contributed by atoms with van der Waals surface area (Å²) in [5.41, 5.74) is 7.20. The molecule has 0 saturated heterocycles. The summed E-state index contributed by atoms with van der Waals surface area (Å²) in [4.78, 5) is 16.9. The molecular weight excluding hydrogens is 258 g/mol. The minimum absolute atomic E-state index is 0.0782. The average Bonchev–Trinajstić information content (AvgIpc) is 2.42. The molecule has 2 aromatic rings. The molecule has 0 aliphatic rings. The number of nitrogens with zero attached hydrogens (tertiary/aromatic N) is 1. The van der Waals surface area contributed by atoms with Crippen LogP contribution in [-0.2, 0) is 4.79 Å². The van der Waals surface area contributed by atoms with E-state index in [1.54, 1.807) is 12.3 Å². The number of carbonyl (C=O) groups excluding carboxylic acids is 1. The van der Waals surface area contributed by atoms with Crippen LogP contribution in [0.4, 0.5) is 11.5 Å². The maximum absolute atomic E-state index is 11.8. The van der Waals surface area contributed by atoms with Crippen molar-refractivity contribution in [3.05, 3.63) is 48.2 Å². The van der Waals surface area contributed by atoms with Gasteiger partial charge in [-0.15, -0.1) is 11.8 Å². The Morgan fingerprint density at radius 1 is 1.37 bits per heavy atom. The monoisotopic (exact) mass is 273 g/mol. The van der Waals surface area contributed by atoms with Crippen molar-refractivity contribution in [1.82, 2.24) is 4.98 Å². The molecular formula is C14H15N3OS. The van der Waals surface area contributed by atoms with Gasteiger partial charge >= 0.3 is 0 Å². The molecule has 0 aliphatic heterocycles. The Morgan fingerprint density at radius 2 is 2.11 bits per heavy atom. The largest absolute Gasteiger partial charge is 0.397 e. The van der Waals surface area contributed by atoms with Gasteiger partial charge in [-0.1, -0.05) is 18.2 Å². The van der Waals surface area contributed by atoms with Crippen molar-refractivity contribution in [2.24, 2.45) is 0 Å². The molecule has 19 heavy (non-hydrogen) atoms. The summed E-state index contributed by atoms with van der Waals surface area (Å²) in [5, 5.41) is 2.75. The SMILES string of the molecule is Cc1cc(NC(=O)CSc2ccccc2)ncc1N. The number of aromatic nitrogens is 1. The summed E-state index contributed by atoms with van der Waals surface area (Å²) in [5.74, 6) is 0.811. The molecule has 4 nitrogen and oxygen atoms in total. The smallest absolute Gasteiger partial charge is 0.235 e. The molecule has 5 heteroatoms. The van der Waals surface area contributed by atoms with Crippen molar-refractivity contribution < 1.29 is 4.79 Å². The van der Waals surface area contributed by atoms with Crippen LogP contribution in [0.25, 0.3) is 0 Å². The van der Waals surface area contributed by atoms with Gasteiger partial charge in [-0.25, -0.2) is 4.98 Å². The van der Waals surface area contributed by atoms with Crippen LogP contribution in [0.15, 0.2) is 47.5 Å². The van der Waals surface area contributed by atoms with Gasteiger partial charge in [0, 0.05) is 4.90 Å². The molecule has 1 amide bonds. The quantitative estimate of drug-likeness (QED) is 0.840. The first kappa shape index (κ1) is 13.4. The van der Waals surface area contributed by atoms with E-state index in [9.17, 15) is 4.79 Å². The van der Waals surface area contributed by atoms with Gasteiger partial charge in [0.1, 0.15) is 5.82 Å². The summed E-state index contributed by atoms with van der Waals surface area (Å²) in [6.07, 6.45) is 1.55. The lowest BCUT2D eigenvalue weighted by Crippen LogP contribution is -2.15. The number of hydrogen-bond donors (Lipinski definition) is 2. The highest BCUT2D eigenvalue weighted by molar-refractivity contribution is 8.00. The fourth-order valence-electron chi connectivity index (χ4n) is 1.48. The van der Waals surface area contributed by atoms with Gasteiger partial charge in [-0.2, -0.15) is 0 Å². The van der Waals surface area contributed by atoms with E-state index in [4.69, 9.17) is 5.73 Å². The summed E-state index contributed by atoms with van der Waals surface area (Å²) < 4.78 is 0. The second kappa shape index (κ2) is 6.24. The van der Waals surface area contributed by atoms with E-state index in [2.05, 4.69) is 10.3 Å². The predicted octanol–water partition coefficient (Wildman–Crippen LogP) is 2.70. The van der Waals surface area contributed by atoms with Crippen molar-refractivity contribution in [3.8, 4) is 0 Å². The molecule has 0 atom stereocenters. The lowest BCUT2D eigenvalue weighted by atomic mass is 10.2. The number of anilines is 2.